The maximum atomic E-state index is 10.4. The maximum Gasteiger partial charge on any atom is 0.217 e. The van der Waals surface area contributed by atoms with E-state index in [9.17, 15) is 4.79 Å². The molecular weight excluding hydrogens is 197 g/mol. The van der Waals surface area contributed by atoms with Crippen LogP contribution in [0.15, 0.2) is 0 Å². The molecule has 2 N–H and O–H groups in total. The summed E-state index contributed by atoms with van der Waals surface area (Å²) in [5, 5.41) is 0. The van der Waals surface area contributed by atoms with Crippen LogP contribution in [0.25, 0.3) is 0 Å². The maximum absolute atomic E-state index is 10.4. The fourth-order valence-corrected chi connectivity index (χ4v) is 1.32. The van der Waals surface area contributed by atoms with Gasteiger partial charge < -0.3 is 5.73 Å². The van der Waals surface area contributed by atoms with E-state index in [1.165, 1.54) is 0 Å². The number of carbonyl (C=O) groups is 1. The summed E-state index contributed by atoms with van der Waals surface area (Å²) >= 11 is 11.8. The number of halogens is 2. The molecule has 4 heteroatoms. The number of hydrogen-bond donors (Lipinski definition) is 1. The summed E-state index contributed by atoms with van der Waals surface area (Å²) in [7, 11) is 0. The first-order valence-electron chi connectivity index (χ1n) is 4.14. The van der Waals surface area contributed by atoms with Gasteiger partial charge in [-0.05, 0) is 12.8 Å². The minimum atomic E-state index is -0.773. The van der Waals surface area contributed by atoms with Crippen LogP contribution in [0, 0.1) is 0 Å². The lowest BCUT2D eigenvalue weighted by atomic mass is 10.1. The molecule has 0 unspecified atom stereocenters. The number of carbonyl (C=O) groups excluding carboxylic acids is 1. The van der Waals surface area contributed by atoms with Crippen LogP contribution in [0.3, 0.4) is 0 Å². The highest BCUT2D eigenvalue weighted by atomic mass is 35.5. The minimum absolute atomic E-state index is 0.261. The van der Waals surface area contributed by atoms with Crippen LogP contribution in [-0.4, -0.2) is 10.2 Å². The van der Waals surface area contributed by atoms with E-state index in [0.29, 0.717) is 6.42 Å². The molecule has 0 aliphatic carbocycles. The van der Waals surface area contributed by atoms with Crippen LogP contribution in [0.5, 0.6) is 0 Å². The second-order valence-corrected chi connectivity index (χ2v) is 4.57. The van der Waals surface area contributed by atoms with Crippen LogP contribution in [-0.2, 0) is 4.79 Å². The third kappa shape index (κ3) is 6.74. The summed E-state index contributed by atoms with van der Waals surface area (Å²) in [6.45, 7) is 2.07. The molecule has 0 saturated heterocycles. The number of primary amides is 1. The van der Waals surface area contributed by atoms with Gasteiger partial charge in [-0.1, -0.05) is 19.8 Å². The highest BCUT2D eigenvalue weighted by Crippen LogP contribution is 2.32. The molecule has 0 heterocycles. The third-order valence-corrected chi connectivity index (χ3v) is 2.39. The van der Waals surface area contributed by atoms with E-state index in [0.717, 1.165) is 19.3 Å². The van der Waals surface area contributed by atoms with Crippen molar-refractivity contribution in [3.05, 3.63) is 0 Å². The van der Waals surface area contributed by atoms with Gasteiger partial charge in [0, 0.05) is 6.42 Å². The Morgan fingerprint density at radius 2 is 2.00 bits per heavy atom. The Hall–Kier alpha value is 0.0500. The monoisotopic (exact) mass is 211 g/mol. The van der Waals surface area contributed by atoms with Crippen molar-refractivity contribution in [1.82, 2.24) is 0 Å². The van der Waals surface area contributed by atoms with Crippen molar-refractivity contribution in [3.8, 4) is 0 Å². The Morgan fingerprint density at radius 1 is 1.42 bits per heavy atom. The average Bonchev–Trinajstić information content (AvgIpc) is 1.98. The van der Waals surface area contributed by atoms with Crippen LogP contribution in [0.1, 0.15) is 39.0 Å². The Bertz CT molecular complexity index is 148. The summed E-state index contributed by atoms with van der Waals surface area (Å²) < 4.78 is -0.773. The molecular formula is C8H15Cl2NO. The molecule has 0 aromatic rings. The van der Waals surface area contributed by atoms with Crippen LogP contribution in [0.4, 0.5) is 0 Å². The predicted octanol–water partition coefficient (Wildman–Crippen LogP) is 2.62. The molecule has 0 aromatic heterocycles. The van der Waals surface area contributed by atoms with Crippen molar-refractivity contribution < 1.29 is 4.79 Å². The van der Waals surface area contributed by atoms with Gasteiger partial charge in [-0.3, -0.25) is 4.79 Å². The topological polar surface area (TPSA) is 43.1 Å². The molecule has 0 bridgehead atoms. The normalized spacial score (nSPS) is 11.6. The fraction of sp³-hybridized carbons (Fsp3) is 0.875. The standard InChI is InChI=1S/C8H15Cl2NO/c1-2-3-5-8(9,10)6-4-7(11)12/h2-6H2,1H3,(H2,11,12). The number of nitrogens with two attached hydrogens (primary N) is 1. The minimum Gasteiger partial charge on any atom is -0.370 e. The first kappa shape index (κ1) is 12.0. The van der Waals surface area contributed by atoms with Gasteiger partial charge in [-0.15, -0.1) is 23.2 Å². The summed E-state index contributed by atoms with van der Waals surface area (Å²) in [4.78, 5) is 10.4. The van der Waals surface area contributed by atoms with E-state index in [1.807, 2.05) is 0 Å². The van der Waals surface area contributed by atoms with E-state index in [4.69, 9.17) is 28.9 Å². The Kier molecular flexibility index (Phi) is 5.68. The zero-order valence-electron chi connectivity index (χ0n) is 7.28. The zero-order valence-corrected chi connectivity index (χ0v) is 8.79. The smallest absolute Gasteiger partial charge is 0.217 e. The molecule has 2 nitrogen and oxygen atoms in total. The quantitative estimate of drug-likeness (QED) is 0.675. The number of unbranched alkanes of at least 4 members (excludes halogenated alkanes) is 1. The van der Waals surface area contributed by atoms with Crippen molar-refractivity contribution in [1.29, 1.82) is 0 Å². The first-order valence-corrected chi connectivity index (χ1v) is 4.89. The molecule has 12 heavy (non-hydrogen) atoms. The largest absolute Gasteiger partial charge is 0.370 e. The van der Waals surface area contributed by atoms with Gasteiger partial charge in [0.25, 0.3) is 0 Å². The summed E-state index contributed by atoms with van der Waals surface area (Å²) in [5.41, 5.74) is 4.97. The van der Waals surface area contributed by atoms with Gasteiger partial charge in [0.05, 0.1) is 0 Å². The van der Waals surface area contributed by atoms with Crippen molar-refractivity contribution >= 4 is 29.1 Å². The summed E-state index contributed by atoms with van der Waals surface area (Å²) in [6, 6.07) is 0. The van der Waals surface area contributed by atoms with E-state index in [-0.39, 0.29) is 12.3 Å². The number of alkyl halides is 2. The zero-order chi connectivity index (χ0) is 9.61. The van der Waals surface area contributed by atoms with Crippen LogP contribution in [0.2, 0.25) is 0 Å². The molecule has 0 saturated carbocycles. The van der Waals surface area contributed by atoms with Crippen LogP contribution >= 0.6 is 23.2 Å². The lowest BCUT2D eigenvalue weighted by Gasteiger charge is -2.17. The van der Waals surface area contributed by atoms with Gasteiger partial charge in [0.1, 0.15) is 4.33 Å². The van der Waals surface area contributed by atoms with Gasteiger partial charge in [-0.2, -0.15) is 0 Å². The number of amides is 1. The third-order valence-electron chi connectivity index (χ3n) is 1.63. The Labute approximate surface area is 83.4 Å². The predicted molar refractivity (Wildman–Crippen MR) is 52.4 cm³/mol. The van der Waals surface area contributed by atoms with Crippen LogP contribution < -0.4 is 5.73 Å². The highest BCUT2D eigenvalue weighted by Gasteiger charge is 2.23. The van der Waals surface area contributed by atoms with Gasteiger partial charge in [0.15, 0.2) is 0 Å². The van der Waals surface area contributed by atoms with Crippen molar-refractivity contribution in [2.45, 2.75) is 43.4 Å². The molecule has 1 amide bonds. The summed E-state index contributed by atoms with van der Waals surface area (Å²) in [5.74, 6) is -0.350. The SMILES string of the molecule is CCCCC(Cl)(Cl)CCC(N)=O. The van der Waals surface area contributed by atoms with Gasteiger partial charge in [-0.25, -0.2) is 0 Å². The molecule has 0 aromatic carbocycles. The lowest BCUT2D eigenvalue weighted by Crippen LogP contribution is -2.18. The fourth-order valence-electron chi connectivity index (χ4n) is 0.866. The van der Waals surface area contributed by atoms with Crippen molar-refractivity contribution in [3.63, 3.8) is 0 Å². The second kappa shape index (κ2) is 5.65. The van der Waals surface area contributed by atoms with Gasteiger partial charge >= 0.3 is 0 Å². The highest BCUT2D eigenvalue weighted by molar-refractivity contribution is 6.48. The first-order chi connectivity index (χ1) is 5.48. The van der Waals surface area contributed by atoms with Gasteiger partial charge in [0.2, 0.25) is 5.91 Å². The molecule has 0 aliphatic heterocycles. The molecule has 0 spiro atoms. The number of hydrogen-bond acceptors (Lipinski definition) is 1. The molecule has 0 aliphatic rings. The van der Waals surface area contributed by atoms with Crippen molar-refractivity contribution in [2.24, 2.45) is 5.73 Å². The molecule has 72 valence electrons. The number of rotatable bonds is 6. The Morgan fingerprint density at radius 3 is 2.42 bits per heavy atom. The average molecular weight is 212 g/mol. The van der Waals surface area contributed by atoms with E-state index < -0.39 is 4.33 Å². The Balaban J connectivity index is 3.63. The second-order valence-electron chi connectivity index (χ2n) is 2.93. The lowest BCUT2D eigenvalue weighted by molar-refractivity contribution is -0.118. The molecule has 0 radical (unpaired) electrons. The molecule has 0 rings (SSSR count). The van der Waals surface area contributed by atoms with E-state index in [1.54, 1.807) is 0 Å². The van der Waals surface area contributed by atoms with E-state index >= 15 is 0 Å². The molecule has 0 fully saturated rings. The van der Waals surface area contributed by atoms with Crippen molar-refractivity contribution in [2.75, 3.05) is 0 Å². The van der Waals surface area contributed by atoms with E-state index in [2.05, 4.69) is 6.92 Å². The summed E-state index contributed by atoms with van der Waals surface area (Å²) in [6.07, 6.45) is 3.46. The molecule has 0 atom stereocenters.